The van der Waals surface area contributed by atoms with Gasteiger partial charge in [-0.2, -0.15) is 0 Å². The number of nitrogens with one attached hydrogen (secondary N) is 2. The van der Waals surface area contributed by atoms with E-state index >= 15 is 0 Å². The molecule has 3 aromatic rings. The SMILES string of the molecule is O=C(Nc1ccc(Br)cc1)c1cccnc1Nc1ccc(F)cc1. The molecule has 1 amide bonds. The van der Waals surface area contributed by atoms with E-state index in [1.165, 1.54) is 12.1 Å². The van der Waals surface area contributed by atoms with Gasteiger partial charge in [-0.15, -0.1) is 0 Å². The van der Waals surface area contributed by atoms with Crippen LogP contribution >= 0.6 is 15.9 Å². The third-order valence-corrected chi connectivity index (χ3v) is 3.79. The van der Waals surface area contributed by atoms with Crippen molar-refractivity contribution in [3.63, 3.8) is 0 Å². The summed E-state index contributed by atoms with van der Waals surface area (Å²) in [6.07, 6.45) is 1.59. The van der Waals surface area contributed by atoms with Gasteiger partial charge in [0.2, 0.25) is 0 Å². The highest BCUT2D eigenvalue weighted by molar-refractivity contribution is 9.10. The average molecular weight is 386 g/mol. The molecule has 24 heavy (non-hydrogen) atoms. The molecule has 0 spiro atoms. The number of anilines is 3. The van der Waals surface area contributed by atoms with Crippen molar-refractivity contribution in [1.82, 2.24) is 4.98 Å². The summed E-state index contributed by atoms with van der Waals surface area (Å²) in [5, 5.41) is 5.85. The highest BCUT2D eigenvalue weighted by Crippen LogP contribution is 2.21. The Balaban J connectivity index is 1.81. The van der Waals surface area contributed by atoms with Crippen molar-refractivity contribution < 1.29 is 9.18 Å². The molecular formula is C18H13BrFN3O. The number of rotatable bonds is 4. The summed E-state index contributed by atoms with van der Waals surface area (Å²) >= 11 is 3.35. The molecule has 2 aromatic carbocycles. The maximum atomic E-state index is 13.0. The van der Waals surface area contributed by atoms with Crippen LogP contribution in [-0.4, -0.2) is 10.9 Å². The molecule has 0 radical (unpaired) electrons. The van der Waals surface area contributed by atoms with Crippen molar-refractivity contribution in [3.8, 4) is 0 Å². The summed E-state index contributed by atoms with van der Waals surface area (Å²) in [6.45, 7) is 0. The van der Waals surface area contributed by atoms with E-state index in [4.69, 9.17) is 0 Å². The van der Waals surface area contributed by atoms with Gasteiger partial charge in [0.25, 0.3) is 5.91 Å². The lowest BCUT2D eigenvalue weighted by Crippen LogP contribution is -2.14. The molecule has 0 aliphatic rings. The Kier molecular flexibility index (Phi) is 4.86. The fraction of sp³-hybridized carbons (Fsp3) is 0. The van der Waals surface area contributed by atoms with E-state index in [0.29, 0.717) is 22.8 Å². The number of hydrogen-bond donors (Lipinski definition) is 2. The van der Waals surface area contributed by atoms with Crippen LogP contribution in [0, 0.1) is 5.82 Å². The third-order valence-electron chi connectivity index (χ3n) is 3.26. The molecule has 0 fully saturated rings. The Bertz CT molecular complexity index is 851. The largest absolute Gasteiger partial charge is 0.340 e. The second-order valence-electron chi connectivity index (χ2n) is 4.99. The molecule has 0 aliphatic carbocycles. The van der Waals surface area contributed by atoms with E-state index in [-0.39, 0.29) is 11.7 Å². The first-order valence-corrected chi connectivity index (χ1v) is 7.95. The van der Waals surface area contributed by atoms with Crippen molar-refractivity contribution in [2.24, 2.45) is 0 Å². The maximum absolute atomic E-state index is 13.0. The number of aromatic nitrogens is 1. The first-order valence-electron chi connectivity index (χ1n) is 7.16. The Hall–Kier alpha value is -2.73. The number of halogens is 2. The Morgan fingerprint density at radius 3 is 2.33 bits per heavy atom. The minimum atomic E-state index is -0.324. The summed E-state index contributed by atoms with van der Waals surface area (Å²) in [4.78, 5) is 16.7. The highest BCUT2D eigenvalue weighted by Gasteiger charge is 2.13. The quantitative estimate of drug-likeness (QED) is 0.665. The number of benzene rings is 2. The third kappa shape index (κ3) is 3.97. The van der Waals surface area contributed by atoms with Crippen molar-refractivity contribution in [1.29, 1.82) is 0 Å². The van der Waals surface area contributed by atoms with Crippen LogP contribution in [0.5, 0.6) is 0 Å². The molecule has 120 valence electrons. The molecule has 6 heteroatoms. The molecule has 0 atom stereocenters. The van der Waals surface area contributed by atoms with Crippen LogP contribution in [0.25, 0.3) is 0 Å². The number of carbonyl (C=O) groups excluding carboxylic acids is 1. The van der Waals surface area contributed by atoms with Gasteiger partial charge in [-0.1, -0.05) is 15.9 Å². The van der Waals surface area contributed by atoms with Gasteiger partial charge in [-0.05, 0) is 60.7 Å². The van der Waals surface area contributed by atoms with E-state index in [2.05, 4.69) is 31.5 Å². The number of amides is 1. The second kappa shape index (κ2) is 7.23. The highest BCUT2D eigenvalue weighted by atomic mass is 79.9. The smallest absolute Gasteiger partial charge is 0.259 e. The molecule has 4 nitrogen and oxygen atoms in total. The zero-order valence-corrected chi connectivity index (χ0v) is 14.0. The fourth-order valence-corrected chi connectivity index (χ4v) is 2.35. The lowest BCUT2D eigenvalue weighted by Gasteiger charge is -2.11. The van der Waals surface area contributed by atoms with E-state index in [0.717, 1.165) is 4.47 Å². The average Bonchev–Trinajstić information content (AvgIpc) is 2.59. The first-order chi connectivity index (χ1) is 11.6. The molecule has 0 unspecified atom stereocenters. The number of hydrogen-bond acceptors (Lipinski definition) is 3. The summed E-state index contributed by atoms with van der Waals surface area (Å²) in [5.74, 6) is -0.205. The predicted octanol–water partition coefficient (Wildman–Crippen LogP) is 4.98. The van der Waals surface area contributed by atoms with Gasteiger partial charge >= 0.3 is 0 Å². The van der Waals surface area contributed by atoms with Crippen molar-refractivity contribution in [2.75, 3.05) is 10.6 Å². The van der Waals surface area contributed by atoms with Crippen LogP contribution < -0.4 is 10.6 Å². The van der Waals surface area contributed by atoms with E-state index in [1.807, 2.05) is 12.1 Å². The molecule has 2 N–H and O–H groups in total. The normalized spacial score (nSPS) is 10.2. The van der Waals surface area contributed by atoms with Crippen LogP contribution in [-0.2, 0) is 0 Å². The zero-order chi connectivity index (χ0) is 16.9. The minimum absolute atomic E-state index is 0.282. The standard InChI is InChI=1S/C18H13BrFN3O/c19-12-3-7-15(8-4-12)23-18(24)16-2-1-11-21-17(16)22-14-9-5-13(20)6-10-14/h1-11H,(H,21,22)(H,23,24). The van der Waals surface area contributed by atoms with Crippen molar-refractivity contribution in [2.45, 2.75) is 0 Å². The molecule has 1 aromatic heterocycles. The van der Waals surface area contributed by atoms with Gasteiger partial charge in [0, 0.05) is 22.0 Å². The van der Waals surface area contributed by atoms with E-state index < -0.39 is 0 Å². The van der Waals surface area contributed by atoms with Crippen LogP contribution in [0.3, 0.4) is 0 Å². The molecular weight excluding hydrogens is 373 g/mol. The van der Waals surface area contributed by atoms with Crippen LogP contribution in [0.2, 0.25) is 0 Å². The predicted molar refractivity (Wildman–Crippen MR) is 96.0 cm³/mol. The van der Waals surface area contributed by atoms with Gasteiger partial charge < -0.3 is 10.6 Å². The first kappa shape index (κ1) is 16.1. The molecule has 0 bridgehead atoms. The molecule has 0 saturated heterocycles. The summed E-state index contributed by atoms with van der Waals surface area (Å²) in [5.41, 5.74) is 1.72. The fourth-order valence-electron chi connectivity index (χ4n) is 2.09. The van der Waals surface area contributed by atoms with Gasteiger partial charge in [0.15, 0.2) is 0 Å². The van der Waals surface area contributed by atoms with Crippen LogP contribution in [0.1, 0.15) is 10.4 Å². The Morgan fingerprint density at radius 2 is 1.62 bits per heavy atom. The van der Waals surface area contributed by atoms with E-state index in [9.17, 15) is 9.18 Å². The topological polar surface area (TPSA) is 54.0 Å². The van der Waals surface area contributed by atoms with Gasteiger partial charge in [-0.3, -0.25) is 4.79 Å². The van der Waals surface area contributed by atoms with E-state index in [1.54, 1.807) is 42.6 Å². The zero-order valence-electron chi connectivity index (χ0n) is 12.5. The lowest BCUT2D eigenvalue weighted by atomic mass is 10.2. The minimum Gasteiger partial charge on any atom is -0.340 e. The van der Waals surface area contributed by atoms with Crippen LogP contribution in [0.4, 0.5) is 21.6 Å². The lowest BCUT2D eigenvalue weighted by molar-refractivity contribution is 0.102. The number of pyridine rings is 1. The Labute approximate surface area is 146 Å². The summed E-state index contributed by atoms with van der Waals surface area (Å²) in [6, 6.07) is 16.5. The van der Waals surface area contributed by atoms with Gasteiger partial charge in [0.05, 0.1) is 5.56 Å². The van der Waals surface area contributed by atoms with Gasteiger partial charge in [-0.25, -0.2) is 9.37 Å². The second-order valence-corrected chi connectivity index (χ2v) is 5.91. The van der Waals surface area contributed by atoms with Gasteiger partial charge in [0.1, 0.15) is 11.6 Å². The monoisotopic (exact) mass is 385 g/mol. The number of carbonyl (C=O) groups is 1. The maximum Gasteiger partial charge on any atom is 0.259 e. The molecule has 0 saturated carbocycles. The summed E-state index contributed by atoms with van der Waals surface area (Å²) in [7, 11) is 0. The van der Waals surface area contributed by atoms with Crippen molar-refractivity contribution >= 4 is 39.0 Å². The Morgan fingerprint density at radius 1 is 0.958 bits per heavy atom. The molecule has 1 heterocycles. The summed E-state index contributed by atoms with van der Waals surface area (Å²) < 4.78 is 13.9. The molecule has 3 rings (SSSR count). The number of nitrogens with zero attached hydrogens (tertiary/aromatic N) is 1. The molecule has 0 aliphatic heterocycles. The van der Waals surface area contributed by atoms with Crippen molar-refractivity contribution in [3.05, 3.63) is 82.7 Å². The van der Waals surface area contributed by atoms with Crippen LogP contribution in [0.15, 0.2) is 71.3 Å².